The fourth-order valence-electron chi connectivity index (χ4n) is 0.962. The first kappa shape index (κ1) is 11.7. The Morgan fingerprint density at radius 3 is 2.21 bits per heavy atom. The van der Waals surface area contributed by atoms with Crippen molar-refractivity contribution in [3.63, 3.8) is 0 Å². The largest absolute Gasteiger partial charge is 0.355 e. The minimum atomic E-state index is -3.41. The maximum Gasteiger partial charge on any atom is 0.218 e. The standard InChI is InChI=1S/C9H11BrO3S/c1-7-3-5-8(6-4-7)14(11,12)9(10)13-2/h3-6,9H,1-2H3. The number of rotatable bonds is 3. The smallest absolute Gasteiger partial charge is 0.218 e. The Morgan fingerprint density at radius 2 is 1.79 bits per heavy atom. The first-order chi connectivity index (χ1) is 6.48. The number of ether oxygens (including phenoxy) is 1. The minimum Gasteiger partial charge on any atom is -0.355 e. The zero-order valence-corrected chi connectivity index (χ0v) is 10.3. The molecule has 1 unspecified atom stereocenters. The van der Waals surface area contributed by atoms with Gasteiger partial charge < -0.3 is 4.74 Å². The molecule has 0 aliphatic carbocycles. The molecule has 0 aliphatic heterocycles. The van der Waals surface area contributed by atoms with E-state index in [-0.39, 0.29) is 4.90 Å². The molecule has 0 aromatic heterocycles. The van der Waals surface area contributed by atoms with Crippen LogP contribution in [0.1, 0.15) is 5.56 Å². The molecule has 5 heteroatoms. The van der Waals surface area contributed by atoms with E-state index in [4.69, 9.17) is 4.74 Å². The molecule has 14 heavy (non-hydrogen) atoms. The SMILES string of the molecule is COC(Br)S(=O)(=O)c1ccc(C)cc1. The van der Waals surface area contributed by atoms with Crippen molar-refractivity contribution >= 4 is 25.8 Å². The number of sulfone groups is 1. The average Bonchev–Trinajstić information content (AvgIpc) is 2.17. The van der Waals surface area contributed by atoms with E-state index < -0.39 is 14.2 Å². The molecule has 3 nitrogen and oxygen atoms in total. The third-order valence-electron chi connectivity index (χ3n) is 1.78. The predicted octanol–water partition coefficient (Wildman–Crippen LogP) is 2.09. The number of aryl methyl sites for hydroxylation is 1. The molecule has 0 aliphatic rings. The van der Waals surface area contributed by atoms with Crippen LogP contribution in [0.4, 0.5) is 0 Å². The Morgan fingerprint density at radius 1 is 1.29 bits per heavy atom. The molecular formula is C9H11BrO3S. The maximum atomic E-state index is 11.7. The second kappa shape index (κ2) is 4.42. The van der Waals surface area contributed by atoms with Crippen LogP contribution in [0.25, 0.3) is 0 Å². The van der Waals surface area contributed by atoms with Crippen molar-refractivity contribution in [1.29, 1.82) is 0 Å². The van der Waals surface area contributed by atoms with Gasteiger partial charge in [-0.3, -0.25) is 0 Å². The van der Waals surface area contributed by atoms with Gasteiger partial charge in [-0.05, 0) is 35.0 Å². The fourth-order valence-corrected chi connectivity index (χ4v) is 2.59. The average molecular weight is 279 g/mol. The summed E-state index contributed by atoms with van der Waals surface area (Å²) in [7, 11) is -2.07. The Labute approximate surface area is 92.1 Å². The Kier molecular flexibility index (Phi) is 3.69. The lowest BCUT2D eigenvalue weighted by Gasteiger charge is -2.09. The maximum absolute atomic E-state index is 11.7. The fraction of sp³-hybridized carbons (Fsp3) is 0.333. The van der Waals surface area contributed by atoms with Crippen molar-refractivity contribution in [2.24, 2.45) is 0 Å². The molecule has 1 aromatic rings. The topological polar surface area (TPSA) is 43.4 Å². The van der Waals surface area contributed by atoms with Crippen LogP contribution in [0.5, 0.6) is 0 Å². The summed E-state index contributed by atoms with van der Waals surface area (Å²) in [5.41, 5.74) is 1.02. The summed E-state index contributed by atoms with van der Waals surface area (Å²) in [4.78, 5) is 0.256. The van der Waals surface area contributed by atoms with Crippen molar-refractivity contribution < 1.29 is 13.2 Å². The van der Waals surface area contributed by atoms with E-state index in [0.717, 1.165) is 5.56 Å². The second-order valence-electron chi connectivity index (χ2n) is 2.87. The highest BCUT2D eigenvalue weighted by molar-refractivity contribution is 9.11. The summed E-state index contributed by atoms with van der Waals surface area (Å²) in [5.74, 6) is 0. The lowest BCUT2D eigenvalue weighted by molar-refractivity contribution is 0.230. The van der Waals surface area contributed by atoms with Crippen molar-refractivity contribution in [1.82, 2.24) is 0 Å². The first-order valence-corrected chi connectivity index (χ1v) is 6.42. The van der Waals surface area contributed by atoms with Gasteiger partial charge in [0.2, 0.25) is 14.2 Å². The molecule has 78 valence electrons. The van der Waals surface area contributed by atoms with Crippen LogP contribution >= 0.6 is 15.9 Å². The Hall–Kier alpha value is -0.390. The molecule has 1 aromatic carbocycles. The summed E-state index contributed by atoms with van der Waals surface area (Å²) >= 11 is 2.94. The molecule has 1 rings (SSSR count). The van der Waals surface area contributed by atoms with Crippen molar-refractivity contribution in [3.05, 3.63) is 29.8 Å². The molecule has 0 spiro atoms. The quantitative estimate of drug-likeness (QED) is 0.796. The van der Waals surface area contributed by atoms with Gasteiger partial charge in [-0.2, -0.15) is 0 Å². The highest BCUT2D eigenvalue weighted by Crippen LogP contribution is 2.20. The molecule has 0 saturated heterocycles. The van der Waals surface area contributed by atoms with Crippen molar-refractivity contribution in [2.45, 2.75) is 16.2 Å². The number of halogens is 1. The second-order valence-corrected chi connectivity index (χ2v) is 6.30. The van der Waals surface area contributed by atoms with Crippen LogP contribution < -0.4 is 0 Å². The summed E-state index contributed by atoms with van der Waals surface area (Å²) < 4.78 is 27.1. The Bertz CT molecular complexity index is 397. The molecule has 0 saturated carbocycles. The number of methoxy groups -OCH3 is 1. The summed E-state index contributed by atoms with van der Waals surface area (Å²) in [6.45, 7) is 1.90. The van der Waals surface area contributed by atoms with E-state index >= 15 is 0 Å². The van der Waals surface area contributed by atoms with Crippen LogP contribution in [-0.4, -0.2) is 19.9 Å². The van der Waals surface area contributed by atoms with E-state index in [0.29, 0.717) is 0 Å². The minimum absolute atomic E-state index is 0.256. The van der Waals surface area contributed by atoms with Gasteiger partial charge in [-0.15, -0.1) is 0 Å². The van der Waals surface area contributed by atoms with E-state index in [9.17, 15) is 8.42 Å². The van der Waals surface area contributed by atoms with Gasteiger partial charge in [0.05, 0.1) is 4.90 Å². The monoisotopic (exact) mass is 278 g/mol. The van der Waals surface area contributed by atoms with Gasteiger partial charge in [0.25, 0.3) is 0 Å². The summed E-state index contributed by atoms with van der Waals surface area (Å²) in [6.07, 6.45) is 0. The highest BCUT2D eigenvalue weighted by Gasteiger charge is 2.23. The van der Waals surface area contributed by atoms with Gasteiger partial charge in [0.1, 0.15) is 0 Å². The molecule has 0 fully saturated rings. The molecule has 0 radical (unpaired) electrons. The number of alkyl halides is 1. The summed E-state index contributed by atoms with van der Waals surface area (Å²) in [6, 6.07) is 6.64. The molecule has 0 bridgehead atoms. The van der Waals surface area contributed by atoms with Crippen LogP contribution in [0.15, 0.2) is 29.2 Å². The van der Waals surface area contributed by atoms with Gasteiger partial charge in [-0.25, -0.2) is 8.42 Å². The normalized spacial score (nSPS) is 13.9. The zero-order valence-electron chi connectivity index (χ0n) is 7.90. The Balaban J connectivity index is 3.11. The van der Waals surface area contributed by atoms with E-state index in [2.05, 4.69) is 15.9 Å². The first-order valence-electron chi connectivity index (χ1n) is 3.96. The predicted molar refractivity (Wildman–Crippen MR) is 58.1 cm³/mol. The third-order valence-corrected chi connectivity index (χ3v) is 5.24. The third kappa shape index (κ3) is 2.34. The van der Waals surface area contributed by atoms with Gasteiger partial charge in [0, 0.05) is 7.11 Å². The van der Waals surface area contributed by atoms with Crippen LogP contribution in [-0.2, 0) is 14.6 Å². The molecular weight excluding hydrogens is 268 g/mol. The highest BCUT2D eigenvalue weighted by atomic mass is 79.9. The van der Waals surface area contributed by atoms with Crippen LogP contribution in [0, 0.1) is 6.92 Å². The lowest BCUT2D eigenvalue weighted by Crippen LogP contribution is -2.16. The van der Waals surface area contributed by atoms with E-state index in [1.54, 1.807) is 24.3 Å². The zero-order chi connectivity index (χ0) is 10.8. The van der Waals surface area contributed by atoms with Crippen molar-refractivity contribution in [3.8, 4) is 0 Å². The molecule has 0 amide bonds. The van der Waals surface area contributed by atoms with Gasteiger partial charge in [-0.1, -0.05) is 17.7 Å². The van der Waals surface area contributed by atoms with Gasteiger partial charge >= 0.3 is 0 Å². The number of benzene rings is 1. The molecule has 1 atom stereocenters. The van der Waals surface area contributed by atoms with Crippen LogP contribution in [0.2, 0.25) is 0 Å². The van der Waals surface area contributed by atoms with E-state index in [1.807, 2.05) is 6.92 Å². The number of hydrogen-bond donors (Lipinski definition) is 0. The lowest BCUT2D eigenvalue weighted by atomic mass is 10.2. The summed E-state index contributed by atoms with van der Waals surface area (Å²) in [5, 5.41) is 0. The number of hydrogen-bond acceptors (Lipinski definition) is 3. The molecule has 0 N–H and O–H groups in total. The van der Waals surface area contributed by atoms with E-state index in [1.165, 1.54) is 7.11 Å². The molecule has 0 heterocycles. The van der Waals surface area contributed by atoms with Crippen molar-refractivity contribution in [2.75, 3.05) is 7.11 Å². The van der Waals surface area contributed by atoms with Crippen LogP contribution in [0.3, 0.4) is 0 Å². The van der Waals surface area contributed by atoms with Gasteiger partial charge in [0.15, 0.2) is 0 Å².